The van der Waals surface area contributed by atoms with Crippen molar-refractivity contribution in [1.29, 1.82) is 0 Å². The third-order valence-corrected chi connectivity index (χ3v) is 6.94. The minimum Gasteiger partial charge on any atom is -0.494 e. The summed E-state index contributed by atoms with van der Waals surface area (Å²) in [5.74, 6) is -1.96. The quantitative estimate of drug-likeness (QED) is 0.219. The van der Waals surface area contributed by atoms with Crippen LogP contribution in [0, 0.1) is 5.82 Å². The molecule has 10 nitrogen and oxygen atoms in total. The van der Waals surface area contributed by atoms with Gasteiger partial charge in [-0.25, -0.2) is 4.39 Å². The maximum atomic E-state index is 15.1. The molecule has 1 aliphatic rings. The second-order valence-corrected chi connectivity index (χ2v) is 9.70. The number of aromatic nitrogens is 2. The summed E-state index contributed by atoms with van der Waals surface area (Å²) in [5.41, 5.74) is 1.52. The number of carbonyl (C=O) groups excluding carboxylic acids is 3. The number of carbonyl (C=O) groups is 3. The SMILES string of the molecule is CCCOc1ccc(OC)c(F)c1C(=O)c1ccc(C(=O)N[C@@H]2CNC[C@H]2NC(=O)c2ccc3cn[nH]c3c2)cc1. The standard InChI is InChI=1S/C30H30FN5O5/c1-3-12-41-24-10-11-25(40-2)27(31)26(24)28(37)17-4-6-18(7-5-17)29(38)34-22-15-32-16-23(22)35-30(39)19-8-9-20-14-33-36-21(20)13-19/h4-11,13-14,22-23,32H,3,12,15-16H2,1-2H3,(H,33,36)(H,34,38)(H,35,39)/t22-,23-/m1/s1. The molecule has 0 aliphatic carbocycles. The Hall–Kier alpha value is -4.77. The van der Waals surface area contributed by atoms with Crippen molar-refractivity contribution in [3.8, 4) is 11.5 Å². The molecule has 0 unspecified atom stereocenters. The summed E-state index contributed by atoms with van der Waals surface area (Å²) in [6.45, 7) is 3.19. The van der Waals surface area contributed by atoms with Gasteiger partial charge in [-0.15, -0.1) is 0 Å². The van der Waals surface area contributed by atoms with E-state index in [4.69, 9.17) is 9.47 Å². The molecule has 3 aromatic carbocycles. The van der Waals surface area contributed by atoms with Crippen molar-refractivity contribution in [3.63, 3.8) is 0 Å². The predicted octanol–water partition coefficient (Wildman–Crippen LogP) is 3.23. The van der Waals surface area contributed by atoms with E-state index in [2.05, 4.69) is 26.1 Å². The van der Waals surface area contributed by atoms with Crippen LogP contribution in [-0.2, 0) is 0 Å². The molecule has 1 saturated heterocycles. The number of ketones is 1. The Morgan fingerprint density at radius 3 is 2.24 bits per heavy atom. The molecule has 212 valence electrons. The number of halogens is 1. The van der Waals surface area contributed by atoms with Crippen LogP contribution >= 0.6 is 0 Å². The summed E-state index contributed by atoms with van der Waals surface area (Å²) >= 11 is 0. The number of hydrogen-bond acceptors (Lipinski definition) is 7. The highest BCUT2D eigenvalue weighted by molar-refractivity contribution is 6.11. The molecule has 1 aliphatic heterocycles. The third kappa shape index (κ3) is 5.90. The van der Waals surface area contributed by atoms with Gasteiger partial charge in [-0.1, -0.05) is 25.1 Å². The largest absolute Gasteiger partial charge is 0.494 e. The van der Waals surface area contributed by atoms with E-state index in [9.17, 15) is 14.4 Å². The zero-order valence-corrected chi connectivity index (χ0v) is 22.6. The number of aromatic amines is 1. The molecule has 4 N–H and O–H groups in total. The summed E-state index contributed by atoms with van der Waals surface area (Å²) in [6, 6.07) is 13.4. The van der Waals surface area contributed by atoms with Crippen LogP contribution in [0.1, 0.15) is 50.0 Å². The van der Waals surface area contributed by atoms with Crippen molar-refractivity contribution in [3.05, 3.63) is 88.9 Å². The highest BCUT2D eigenvalue weighted by Crippen LogP contribution is 2.31. The summed E-state index contributed by atoms with van der Waals surface area (Å²) < 4.78 is 25.7. The normalized spacial score (nSPS) is 16.4. The van der Waals surface area contributed by atoms with Gasteiger partial charge < -0.3 is 25.4 Å². The van der Waals surface area contributed by atoms with Gasteiger partial charge in [0.15, 0.2) is 17.3 Å². The van der Waals surface area contributed by atoms with Crippen LogP contribution in [0.3, 0.4) is 0 Å². The van der Waals surface area contributed by atoms with Gasteiger partial charge in [-0.05, 0) is 42.8 Å². The van der Waals surface area contributed by atoms with E-state index >= 15 is 4.39 Å². The molecule has 1 aromatic heterocycles. The van der Waals surface area contributed by atoms with Crippen molar-refractivity contribution in [2.45, 2.75) is 25.4 Å². The van der Waals surface area contributed by atoms with Crippen LogP contribution < -0.4 is 25.4 Å². The number of benzene rings is 3. The number of amides is 2. The first kappa shape index (κ1) is 27.8. The molecule has 2 heterocycles. The maximum Gasteiger partial charge on any atom is 0.251 e. The fourth-order valence-electron chi connectivity index (χ4n) is 4.72. The molecule has 0 bridgehead atoms. The number of ether oxygens (including phenoxy) is 2. The van der Waals surface area contributed by atoms with Crippen molar-refractivity contribution in [2.75, 3.05) is 26.8 Å². The summed E-state index contributed by atoms with van der Waals surface area (Å²) in [4.78, 5) is 39.2. The number of fused-ring (bicyclic) bond motifs is 1. The van der Waals surface area contributed by atoms with Gasteiger partial charge in [0.1, 0.15) is 11.3 Å². The lowest BCUT2D eigenvalue weighted by molar-refractivity contribution is 0.0896. The van der Waals surface area contributed by atoms with E-state index in [0.29, 0.717) is 37.2 Å². The van der Waals surface area contributed by atoms with Crippen LogP contribution in [0.15, 0.2) is 60.8 Å². The topological polar surface area (TPSA) is 134 Å². The molecule has 5 rings (SSSR count). The second-order valence-electron chi connectivity index (χ2n) is 9.70. The van der Waals surface area contributed by atoms with Crippen LogP contribution in [0.25, 0.3) is 10.9 Å². The predicted molar refractivity (Wildman–Crippen MR) is 150 cm³/mol. The van der Waals surface area contributed by atoms with Gasteiger partial charge in [0.25, 0.3) is 11.8 Å². The number of methoxy groups -OCH3 is 1. The van der Waals surface area contributed by atoms with E-state index in [-0.39, 0.29) is 46.5 Å². The Bertz CT molecular complexity index is 1590. The molecule has 4 aromatic rings. The highest BCUT2D eigenvalue weighted by atomic mass is 19.1. The first-order valence-corrected chi connectivity index (χ1v) is 13.3. The Labute approximate surface area is 235 Å². The zero-order chi connectivity index (χ0) is 28.9. The van der Waals surface area contributed by atoms with Crippen LogP contribution in [0.5, 0.6) is 11.5 Å². The monoisotopic (exact) mass is 559 g/mol. The van der Waals surface area contributed by atoms with Gasteiger partial charge in [0.2, 0.25) is 0 Å². The Morgan fingerprint density at radius 2 is 1.56 bits per heavy atom. The molecule has 1 fully saturated rings. The van der Waals surface area contributed by atoms with E-state index in [1.807, 2.05) is 13.0 Å². The van der Waals surface area contributed by atoms with Gasteiger partial charge in [0.05, 0.1) is 37.5 Å². The van der Waals surface area contributed by atoms with Gasteiger partial charge >= 0.3 is 0 Å². The Morgan fingerprint density at radius 1 is 0.927 bits per heavy atom. The summed E-state index contributed by atoms with van der Waals surface area (Å²) in [6.07, 6.45) is 2.37. The lowest BCUT2D eigenvalue weighted by Gasteiger charge is -2.21. The lowest BCUT2D eigenvalue weighted by Crippen LogP contribution is -2.51. The lowest BCUT2D eigenvalue weighted by atomic mass is 10.00. The van der Waals surface area contributed by atoms with Crippen LogP contribution in [-0.4, -0.2) is 66.7 Å². The first-order chi connectivity index (χ1) is 19.9. The second kappa shape index (κ2) is 12.2. The smallest absolute Gasteiger partial charge is 0.251 e. The van der Waals surface area contributed by atoms with Crippen LogP contribution in [0.2, 0.25) is 0 Å². The molecule has 41 heavy (non-hydrogen) atoms. The molecular formula is C30H30FN5O5. The molecule has 0 radical (unpaired) electrons. The summed E-state index contributed by atoms with van der Waals surface area (Å²) in [7, 11) is 1.32. The van der Waals surface area contributed by atoms with Gasteiger partial charge in [-0.2, -0.15) is 5.10 Å². The molecular weight excluding hydrogens is 529 g/mol. The number of hydrogen-bond donors (Lipinski definition) is 4. The van der Waals surface area contributed by atoms with Gasteiger partial charge in [-0.3, -0.25) is 19.5 Å². The minimum atomic E-state index is -0.806. The molecule has 2 amide bonds. The van der Waals surface area contributed by atoms with Crippen molar-refractivity contribution >= 4 is 28.5 Å². The molecule has 11 heteroatoms. The van der Waals surface area contributed by atoms with Crippen molar-refractivity contribution < 1.29 is 28.2 Å². The first-order valence-electron chi connectivity index (χ1n) is 13.3. The Balaban J connectivity index is 1.26. The minimum absolute atomic E-state index is 0.0677. The van der Waals surface area contributed by atoms with Gasteiger partial charge in [0, 0.05) is 35.2 Å². The van der Waals surface area contributed by atoms with Crippen LogP contribution in [0.4, 0.5) is 4.39 Å². The van der Waals surface area contributed by atoms with E-state index in [1.165, 1.54) is 43.5 Å². The summed E-state index contributed by atoms with van der Waals surface area (Å²) in [5, 5.41) is 16.9. The van der Waals surface area contributed by atoms with Crippen molar-refractivity contribution in [1.82, 2.24) is 26.1 Å². The average molecular weight is 560 g/mol. The fraction of sp³-hybridized carbons (Fsp3) is 0.267. The third-order valence-electron chi connectivity index (χ3n) is 6.94. The number of nitrogens with zero attached hydrogens (tertiary/aromatic N) is 1. The molecule has 0 spiro atoms. The van der Waals surface area contributed by atoms with E-state index in [1.54, 1.807) is 18.3 Å². The average Bonchev–Trinajstić information content (AvgIpc) is 3.64. The molecule has 2 atom stereocenters. The van der Waals surface area contributed by atoms with Crippen molar-refractivity contribution in [2.24, 2.45) is 0 Å². The number of rotatable bonds is 10. The highest BCUT2D eigenvalue weighted by Gasteiger charge is 2.30. The van der Waals surface area contributed by atoms with E-state index < -0.39 is 11.6 Å². The Kier molecular flexibility index (Phi) is 8.25. The number of nitrogens with one attached hydrogen (secondary N) is 4. The maximum absolute atomic E-state index is 15.1. The zero-order valence-electron chi connectivity index (χ0n) is 22.6. The fourth-order valence-corrected chi connectivity index (χ4v) is 4.72. The number of H-pyrrole nitrogens is 1. The van der Waals surface area contributed by atoms with E-state index in [0.717, 1.165) is 10.9 Å². The molecule has 0 saturated carbocycles.